The molecule has 2 aromatic rings. The summed E-state index contributed by atoms with van der Waals surface area (Å²) in [5, 5.41) is 8.58. The summed E-state index contributed by atoms with van der Waals surface area (Å²) in [5.74, 6) is 2.89. The second-order valence-corrected chi connectivity index (χ2v) is 4.93. The first-order valence-corrected chi connectivity index (χ1v) is 7.32. The van der Waals surface area contributed by atoms with E-state index in [0.29, 0.717) is 23.9 Å². The van der Waals surface area contributed by atoms with Gasteiger partial charge in [-0.25, -0.2) is 0 Å². The zero-order chi connectivity index (χ0) is 16.8. The molecule has 0 amide bonds. The number of fused-ring (bicyclic) bond motifs is 2. The van der Waals surface area contributed by atoms with Crippen LogP contribution in [-0.2, 0) is 0 Å². The molecule has 6 nitrogen and oxygen atoms in total. The molecule has 2 aliphatic rings. The average Bonchev–Trinajstić information content (AvgIpc) is 3.28. The van der Waals surface area contributed by atoms with Crippen LogP contribution in [0.2, 0.25) is 0 Å². The molecular formula is C18H16O6. The van der Waals surface area contributed by atoms with Gasteiger partial charge in [-0.1, -0.05) is 18.2 Å². The molecule has 2 aromatic carbocycles. The van der Waals surface area contributed by atoms with Crippen LogP contribution in [0.1, 0.15) is 15.9 Å². The molecule has 0 spiro atoms. The standard InChI is InChI=1S/C10H10O3.C8H6O3/c11-5-1-2-8-3-4-9-10(6-8)13-7-12-9;9-4-6-1-2-7-8(3-6)11-5-10-7/h1-4,6,11H,5,7H2;1-4H,5H2/b2-1+;. The number of benzene rings is 2. The number of rotatable bonds is 3. The van der Waals surface area contributed by atoms with E-state index in [1.54, 1.807) is 24.3 Å². The normalized spacial score (nSPS) is 13.5. The van der Waals surface area contributed by atoms with E-state index in [2.05, 4.69) is 0 Å². The first-order valence-electron chi connectivity index (χ1n) is 7.32. The minimum absolute atomic E-state index is 0.0500. The Morgan fingerprint density at radius 1 is 0.833 bits per heavy atom. The van der Waals surface area contributed by atoms with Crippen LogP contribution in [0, 0.1) is 0 Å². The van der Waals surface area contributed by atoms with Crippen LogP contribution in [0.25, 0.3) is 6.08 Å². The number of aldehydes is 1. The van der Waals surface area contributed by atoms with Crippen LogP contribution < -0.4 is 18.9 Å². The van der Waals surface area contributed by atoms with Gasteiger partial charge in [0.05, 0.1) is 6.61 Å². The molecular weight excluding hydrogens is 312 g/mol. The van der Waals surface area contributed by atoms with E-state index < -0.39 is 0 Å². The summed E-state index contributed by atoms with van der Waals surface area (Å²) >= 11 is 0. The number of aliphatic hydroxyl groups is 1. The molecule has 0 saturated carbocycles. The third-order valence-corrected chi connectivity index (χ3v) is 3.35. The number of carbonyl (C=O) groups excluding carboxylic acids is 1. The van der Waals surface area contributed by atoms with Crippen LogP contribution in [0.15, 0.2) is 42.5 Å². The molecule has 0 radical (unpaired) electrons. The SMILES string of the molecule is O=Cc1ccc2c(c1)OCO2.OC/C=C/c1ccc2c(c1)OCO2. The fourth-order valence-electron chi connectivity index (χ4n) is 2.19. The molecule has 0 aromatic heterocycles. The fourth-order valence-corrected chi connectivity index (χ4v) is 2.19. The van der Waals surface area contributed by atoms with Gasteiger partial charge in [-0.15, -0.1) is 0 Å². The third-order valence-electron chi connectivity index (χ3n) is 3.35. The Bertz CT molecular complexity index is 753. The molecule has 0 atom stereocenters. The first-order chi connectivity index (χ1) is 11.8. The highest BCUT2D eigenvalue weighted by atomic mass is 16.7. The van der Waals surface area contributed by atoms with E-state index in [-0.39, 0.29) is 13.4 Å². The highest BCUT2D eigenvalue weighted by Gasteiger charge is 2.12. The van der Waals surface area contributed by atoms with Gasteiger partial charge in [-0.2, -0.15) is 0 Å². The second-order valence-electron chi connectivity index (χ2n) is 4.93. The summed E-state index contributed by atoms with van der Waals surface area (Å²) in [6.45, 7) is 0.592. The van der Waals surface area contributed by atoms with Crippen molar-refractivity contribution >= 4 is 12.4 Å². The minimum atomic E-state index is 0.0500. The van der Waals surface area contributed by atoms with Crippen molar-refractivity contribution in [3.8, 4) is 23.0 Å². The highest BCUT2D eigenvalue weighted by Crippen LogP contribution is 2.33. The number of ether oxygens (including phenoxy) is 4. The topological polar surface area (TPSA) is 74.2 Å². The van der Waals surface area contributed by atoms with Crippen molar-refractivity contribution in [1.82, 2.24) is 0 Å². The van der Waals surface area contributed by atoms with Crippen molar-refractivity contribution in [2.24, 2.45) is 0 Å². The molecule has 124 valence electrons. The zero-order valence-corrected chi connectivity index (χ0v) is 12.8. The molecule has 0 unspecified atom stereocenters. The fraction of sp³-hybridized carbons (Fsp3) is 0.167. The number of hydrogen-bond donors (Lipinski definition) is 1. The maximum absolute atomic E-state index is 10.3. The smallest absolute Gasteiger partial charge is 0.231 e. The molecule has 0 bridgehead atoms. The first kappa shape index (κ1) is 15.9. The van der Waals surface area contributed by atoms with Crippen molar-refractivity contribution in [2.45, 2.75) is 0 Å². The van der Waals surface area contributed by atoms with Gasteiger partial charge in [0.2, 0.25) is 13.6 Å². The lowest BCUT2D eigenvalue weighted by molar-refractivity contribution is 0.112. The lowest BCUT2D eigenvalue weighted by atomic mass is 10.2. The summed E-state index contributed by atoms with van der Waals surface area (Å²) in [5.41, 5.74) is 1.60. The molecule has 0 aliphatic carbocycles. The van der Waals surface area contributed by atoms with E-state index in [1.165, 1.54) is 0 Å². The van der Waals surface area contributed by atoms with E-state index >= 15 is 0 Å². The number of hydrogen-bond acceptors (Lipinski definition) is 6. The minimum Gasteiger partial charge on any atom is -0.454 e. The van der Waals surface area contributed by atoms with Gasteiger partial charge >= 0.3 is 0 Å². The molecule has 1 N–H and O–H groups in total. The van der Waals surface area contributed by atoms with Crippen molar-refractivity contribution in [3.63, 3.8) is 0 Å². The number of carbonyl (C=O) groups is 1. The maximum Gasteiger partial charge on any atom is 0.231 e. The Morgan fingerprint density at radius 3 is 1.96 bits per heavy atom. The quantitative estimate of drug-likeness (QED) is 0.873. The van der Waals surface area contributed by atoms with Crippen molar-refractivity contribution in [1.29, 1.82) is 0 Å². The summed E-state index contributed by atoms with van der Waals surface area (Å²) in [6, 6.07) is 10.7. The Balaban J connectivity index is 0.000000143. The predicted molar refractivity (Wildman–Crippen MR) is 86.6 cm³/mol. The van der Waals surface area contributed by atoms with E-state index in [9.17, 15) is 4.79 Å². The monoisotopic (exact) mass is 328 g/mol. The average molecular weight is 328 g/mol. The van der Waals surface area contributed by atoms with Gasteiger partial charge in [0, 0.05) is 5.56 Å². The van der Waals surface area contributed by atoms with Gasteiger partial charge in [0.25, 0.3) is 0 Å². The van der Waals surface area contributed by atoms with Crippen molar-refractivity contribution in [2.75, 3.05) is 20.2 Å². The lowest BCUT2D eigenvalue weighted by Crippen LogP contribution is -1.92. The van der Waals surface area contributed by atoms with E-state index in [0.717, 1.165) is 23.3 Å². The second kappa shape index (κ2) is 7.52. The zero-order valence-electron chi connectivity index (χ0n) is 12.8. The highest BCUT2D eigenvalue weighted by molar-refractivity contribution is 5.76. The van der Waals surface area contributed by atoms with Gasteiger partial charge in [0.15, 0.2) is 23.0 Å². The summed E-state index contributed by atoms with van der Waals surface area (Å²) in [7, 11) is 0. The molecule has 0 fully saturated rings. The molecule has 2 aliphatic heterocycles. The van der Waals surface area contributed by atoms with Crippen LogP contribution in [0.5, 0.6) is 23.0 Å². The predicted octanol–water partition coefficient (Wildman–Crippen LogP) is 2.65. The van der Waals surface area contributed by atoms with E-state index in [1.807, 2.05) is 24.3 Å². The summed E-state index contributed by atoms with van der Waals surface area (Å²) < 4.78 is 20.5. The maximum atomic E-state index is 10.3. The third kappa shape index (κ3) is 3.67. The molecule has 24 heavy (non-hydrogen) atoms. The van der Waals surface area contributed by atoms with Crippen LogP contribution in [0.4, 0.5) is 0 Å². The van der Waals surface area contributed by atoms with Crippen molar-refractivity contribution < 1.29 is 28.8 Å². The molecule has 2 heterocycles. The summed E-state index contributed by atoms with van der Waals surface area (Å²) in [4.78, 5) is 10.3. The Kier molecular flexibility index (Phi) is 4.98. The van der Waals surface area contributed by atoms with Crippen LogP contribution in [-0.4, -0.2) is 31.6 Å². The van der Waals surface area contributed by atoms with Gasteiger partial charge in [-0.05, 0) is 35.9 Å². The van der Waals surface area contributed by atoms with Crippen LogP contribution >= 0.6 is 0 Å². The molecule has 6 heteroatoms. The Morgan fingerprint density at radius 2 is 1.38 bits per heavy atom. The van der Waals surface area contributed by atoms with E-state index in [4.69, 9.17) is 24.1 Å². The Hall–Kier alpha value is -2.99. The number of aliphatic hydroxyl groups excluding tert-OH is 1. The van der Waals surface area contributed by atoms with Crippen molar-refractivity contribution in [3.05, 3.63) is 53.6 Å². The van der Waals surface area contributed by atoms with Crippen LogP contribution in [0.3, 0.4) is 0 Å². The molecule has 0 saturated heterocycles. The van der Waals surface area contributed by atoms with Gasteiger partial charge in [-0.3, -0.25) is 4.79 Å². The molecule has 4 rings (SSSR count). The lowest BCUT2D eigenvalue weighted by Gasteiger charge is -1.96. The van der Waals surface area contributed by atoms with Gasteiger partial charge in [0.1, 0.15) is 6.29 Å². The summed E-state index contributed by atoms with van der Waals surface area (Å²) in [6.07, 6.45) is 4.29. The largest absolute Gasteiger partial charge is 0.454 e. The van der Waals surface area contributed by atoms with Gasteiger partial charge < -0.3 is 24.1 Å². The Labute approximate surface area is 138 Å².